The Labute approximate surface area is 174 Å². The van der Waals surface area contributed by atoms with Crippen molar-refractivity contribution in [3.8, 4) is 5.75 Å². The molecule has 0 aliphatic rings. The number of ether oxygens (including phenoxy) is 1. The zero-order valence-corrected chi connectivity index (χ0v) is 18.1. The summed E-state index contributed by atoms with van der Waals surface area (Å²) >= 11 is 0. The maximum absolute atomic E-state index is 13.1. The predicted molar refractivity (Wildman–Crippen MR) is 116 cm³/mol. The van der Waals surface area contributed by atoms with Crippen LogP contribution in [0.2, 0.25) is 0 Å². The first kappa shape index (κ1) is 22.5. The number of hydrogen-bond donors (Lipinski definition) is 1. The molecule has 0 radical (unpaired) electrons. The minimum absolute atomic E-state index is 0.0108. The molecule has 0 aromatic heterocycles. The number of hydrogen-bond acceptors (Lipinski definition) is 3. The molecular weight excluding hydrogens is 364 g/mol. The van der Waals surface area contributed by atoms with Crippen molar-refractivity contribution in [1.82, 2.24) is 10.2 Å². The Bertz CT molecular complexity index is 798. The highest BCUT2D eigenvalue weighted by Crippen LogP contribution is 2.16. The molecule has 0 heterocycles. The van der Waals surface area contributed by atoms with Gasteiger partial charge in [0, 0.05) is 12.6 Å². The van der Waals surface area contributed by atoms with Crippen molar-refractivity contribution in [3.63, 3.8) is 0 Å². The average Bonchev–Trinajstić information content (AvgIpc) is 2.68. The van der Waals surface area contributed by atoms with Gasteiger partial charge >= 0.3 is 0 Å². The molecule has 2 aromatic carbocycles. The van der Waals surface area contributed by atoms with Crippen LogP contribution < -0.4 is 10.1 Å². The van der Waals surface area contributed by atoms with Gasteiger partial charge < -0.3 is 15.0 Å². The topological polar surface area (TPSA) is 58.6 Å². The molecular formula is C24H32N2O3. The monoisotopic (exact) mass is 396 g/mol. The van der Waals surface area contributed by atoms with Gasteiger partial charge in [-0.05, 0) is 51.8 Å². The van der Waals surface area contributed by atoms with Crippen LogP contribution in [0.5, 0.6) is 5.75 Å². The first-order valence-electron chi connectivity index (χ1n) is 10.1. The lowest BCUT2D eigenvalue weighted by atomic mass is 10.1. The first-order chi connectivity index (χ1) is 13.8. The van der Waals surface area contributed by atoms with Gasteiger partial charge in [-0.2, -0.15) is 0 Å². The Balaban J connectivity index is 2.18. The van der Waals surface area contributed by atoms with Gasteiger partial charge in [-0.3, -0.25) is 9.59 Å². The Morgan fingerprint density at radius 3 is 2.03 bits per heavy atom. The van der Waals surface area contributed by atoms with Crippen molar-refractivity contribution in [3.05, 3.63) is 65.2 Å². The second-order valence-corrected chi connectivity index (χ2v) is 7.70. The molecule has 2 aromatic rings. The van der Waals surface area contributed by atoms with Crippen molar-refractivity contribution in [2.24, 2.45) is 0 Å². The maximum atomic E-state index is 13.1. The number of benzene rings is 2. The van der Waals surface area contributed by atoms with Crippen molar-refractivity contribution >= 4 is 11.8 Å². The normalized spacial score (nSPS) is 11.8. The number of carbonyl (C=O) groups excluding carboxylic acids is 2. The van der Waals surface area contributed by atoms with E-state index in [9.17, 15) is 9.59 Å². The molecule has 2 rings (SSSR count). The van der Waals surface area contributed by atoms with E-state index in [0.29, 0.717) is 18.7 Å². The van der Waals surface area contributed by atoms with E-state index in [4.69, 9.17) is 4.74 Å². The molecule has 0 saturated carbocycles. The smallest absolute Gasteiger partial charge is 0.261 e. The molecule has 0 bridgehead atoms. The molecule has 0 aliphatic carbocycles. The van der Waals surface area contributed by atoms with Crippen LogP contribution in [0.4, 0.5) is 0 Å². The third kappa shape index (κ3) is 6.93. The summed E-state index contributed by atoms with van der Waals surface area (Å²) in [7, 11) is 0. The van der Waals surface area contributed by atoms with Crippen molar-refractivity contribution in [1.29, 1.82) is 0 Å². The summed E-state index contributed by atoms with van der Waals surface area (Å²) in [5.74, 6) is 0.286. The average molecular weight is 397 g/mol. The summed E-state index contributed by atoms with van der Waals surface area (Å²) in [5.41, 5.74) is 3.26. The standard InChI is InChI=1S/C24H32N2O3/c1-6-22(24(28)25-17(2)3)26(15-20-11-7-18(4)8-12-20)23(27)16-29-21-13-9-19(5)10-14-21/h7-14,17,22H,6,15-16H2,1-5H3,(H,25,28)/t22-/m0/s1. The molecule has 1 atom stereocenters. The Morgan fingerprint density at radius 2 is 1.52 bits per heavy atom. The Hall–Kier alpha value is -2.82. The van der Waals surface area contributed by atoms with E-state index >= 15 is 0 Å². The third-order valence-electron chi connectivity index (χ3n) is 4.67. The fourth-order valence-corrected chi connectivity index (χ4v) is 3.05. The van der Waals surface area contributed by atoms with Crippen molar-refractivity contribution in [2.45, 2.75) is 59.7 Å². The number of carbonyl (C=O) groups is 2. The molecule has 5 nitrogen and oxygen atoms in total. The van der Waals surface area contributed by atoms with Gasteiger partial charge in [0.25, 0.3) is 5.91 Å². The van der Waals surface area contributed by atoms with Crippen molar-refractivity contribution < 1.29 is 14.3 Å². The largest absolute Gasteiger partial charge is 0.484 e. The highest BCUT2D eigenvalue weighted by atomic mass is 16.5. The van der Waals surface area contributed by atoms with E-state index in [2.05, 4.69) is 5.32 Å². The molecule has 0 aliphatic heterocycles. The summed E-state index contributed by atoms with van der Waals surface area (Å²) in [6.45, 7) is 10.0. The summed E-state index contributed by atoms with van der Waals surface area (Å²) < 4.78 is 5.69. The van der Waals surface area contributed by atoms with Crippen LogP contribution >= 0.6 is 0 Å². The summed E-state index contributed by atoms with van der Waals surface area (Å²) in [6, 6.07) is 15.0. The minimum Gasteiger partial charge on any atom is -0.484 e. The quantitative estimate of drug-likeness (QED) is 0.697. The van der Waals surface area contributed by atoms with Crippen LogP contribution in [0.1, 0.15) is 43.9 Å². The van der Waals surface area contributed by atoms with E-state index in [-0.39, 0.29) is 24.5 Å². The van der Waals surface area contributed by atoms with Crippen LogP contribution in [-0.4, -0.2) is 35.4 Å². The lowest BCUT2D eigenvalue weighted by Crippen LogP contribution is -2.51. The zero-order valence-electron chi connectivity index (χ0n) is 18.1. The lowest BCUT2D eigenvalue weighted by molar-refractivity contribution is -0.143. The molecule has 2 amide bonds. The SMILES string of the molecule is CC[C@@H](C(=O)NC(C)C)N(Cc1ccc(C)cc1)C(=O)COc1ccc(C)cc1. The van der Waals surface area contributed by atoms with Crippen LogP contribution in [0.3, 0.4) is 0 Å². The zero-order chi connectivity index (χ0) is 21.4. The van der Waals surface area contributed by atoms with Gasteiger partial charge in [0.05, 0.1) is 0 Å². The van der Waals surface area contributed by atoms with Gasteiger partial charge in [0.2, 0.25) is 5.91 Å². The second kappa shape index (κ2) is 10.6. The molecule has 5 heteroatoms. The Morgan fingerprint density at radius 1 is 0.966 bits per heavy atom. The van der Waals surface area contributed by atoms with E-state index in [1.54, 1.807) is 4.90 Å². The molecule has 156 valence electrons. The van der Waals surface area contributed by atoms with E-state index in [1.165, 1.54) is 0 Å². The first-order valence-corrected chi connectivity index (χ1v) is 10.1. The van der Waals surface area contributed by atoms with Gasteiger partial charge in [-0.1, -0.05) is 54.4 Å². The number of nitrogens with one attached hydrogen (secondary N) is 1. The second-order valence-electron chi connectivity index (χ2n) is 7.70. The van der Waals surface area contributed by atoms with Crippen LogP contribution in [0, 0.1) is 13.8 Å². The fourth-order valence-electron chi connectivity index (χ4n) is 3.05. The fraction of sp³-hybridized carbons (Fsp3) is 0.417. The number of nitrogens with zero attached hydrogens (tertiary/aromatic N) is 1. The maximum Gasteiger partial charge on any atom is 0.261 e. The van der Waals surface area contributed by atoms with Crippen LogP contribution in [0.15, 0.2) is 48.5 Å². The molecule has 0 fully saturated rings. The molecule has 1 N–H and O–H groups in total. The molecule has 0 unspecified atom stereocenters. The van der Waals surface area contributed by atoms with E-state index < -0.39 is 6.04 Å². The summed E-state index contributed by atoms with van der Waals surface area (Å²) in [6.07, 6.45) is 0.528. The molecule has 29 heavy (non-hydrogen) atoms. The highest BCUT2D eigenvalue weighted by molar-refractivity contribution is 5.88. The predicted octanol–water partition coefficient (Wildman–Crippen LogP) is 4.01. The lowest BCUT2D eigenvalue weighted by Gasteiger charge is -2.31. The van der Waals surface area contributed by atoms with Crippen LogP contribution in [-0.2, 0) is 16.1 Å². The van der Waals surface area contributed by atoms with Gasteiger partial charge in [-0.15, -0.1) is 0 Å². The summed E-state index contributed by atoms with van der Waals surface area (Å²) in [4.78, 5) is 27.4. The van der Waals surface area contributed by atoms with Gasteiger partial charge in [0.15, 0.2) is 6.61 Å². The number of aryl methyl sites for hydroxylation is 2. The van der Waals surface area contributed by atoms with Crippen molar-refractivity contribution in [2.75, 3.05) is 6.61 Å². The van der Waals surface area contributed by atoms with E-state index in [0.717, 1.165) is 16.7 Å². The van der Waals surface area contributed by atoms with Gasteiger partial charge in [-0.25, -0.2) is 0 Å². The molecule has 0 spiro atoms. The Kier molecular flexibility index (Phi) is 8.25. The molecule has 0 saturated heterocycles. The summed E-state index contributed by atoms with van der Waals surface area (Å²) in [5, 5.41) is 2.93. The highest BCUT2D eigenvalue weighted by Gasteiger charge is 2.29. The van der Waals surface area contributed by atoms with Gasteiger partial charge in [0.1, 0.15) is 11.8 Å². The number of rotatable bonds is 9. The number of amides is 2. The third-order valence-corrected chi connectivity index (χ3v) is 4.67. The van der Waals surface area contributed by atoms with Crippen LogP contribution in [0.25, 0.3) is 0 Å². The van der Waals surface area contributed by atoms with E-state index in [1.807, 2.05) is 83.1 Å². The minimum atomic E-state index is -0.548.